The van der Waals surface area contributed by atoms with Crippen LogP contribution in [0.5, 0.6) is 0 Å². The fraction of sp³-hybridized carbons (Fsp3) is 0.214. The van der Waals surface area contributed by atoms with Crippen molar-refractivity contribution in [3.63, 3.8) is 0 Å². The molecule has 40 heavy (non-hydrogen) atoms. The predicted molar refractivity (Wildman–Crippen MR) is 145 cm³/mol. The standard InChI is InChI=1S/C28H25ClN4O7/c1-17-5-7-18(8-6-17)27(37)31-13-14-32(28(38)19-9-11-21(29)12-10-19)26(31)25(36)30-23(16-24(34)35)20-3-2-4-22(15-20)33(39)40/h2-12,15,23,26H,13-14,16H2,1H3,(H,30,36)(H,34,35). The number of aliphatic carboxylic acids is 1. The lowest BCUT2D eigenvalue weighted by atomic mass is 10.0. The van der Waals surface area contributed by atoms with Crippen molar-refractivity contribution in [3.05, 3.63) is 110 Å². The van der Waals surface area contributed by atoms with Crippen molar-refractivity contribution in [3.8, 4) is 0 Å². The second-order valence-corrected chi connectivity index (χ2v) is 9.69. The number of non-ortho nitro benzene ring substituents is 1. The van der Waals surface area contributed by atoms with Crippen LogP contribution in [0.2, 0.25) is 5.02 Å². The highest BCUT2D eigenvalue weighted by molar-refractivity contribution is 6.30. The minimum atomic E-state index is -1.41. The molecule has 4 rings (SSSR count). The van der Waals surface area contributed by atoms with Gasteiger partial charge in [-0.1, -0.05) is 41.4 Å². The summed E-state index contributed by atoms with van der Waals surface area (Å²) >= 11 is 5.95. The molecule has 3 aromatic rings. The number of hydrogen-bond donors (Lipinski definition) is 2. The summed E-state index contributed by atoms with van der Waals surface area (Å²) in [6, 6.07) is 16.9. The molecule has 0 radical (unpaired) electrons. The zero-order valence-corrected chi connectivity index (χ0v) is 22.1. The van der Waals surface area contributed by atoms with E-state index < -0.39 is 47.2 Å². The van der Waals surface area contributed by atoms with E-state index in [1.165, 1.54) is 58.3 Å². The monoisotopic (exact) mass is 564 g/mol. The Morgan fingerprint density at radius 2 is 1.52 bits per heavy atom. The fourth-order valence-electron chi connectivity index (χ4n) is 4.49. The highest BCUT2D eigenvalue weighted by Gasteiger charge is 2.44. The number of nitrogens with zero attached hydrogens (tertiary/aromatic N) is 3. The number of benzene rings is 3. The van der Waals surface area contributed by atoms with E-state index in [0.717, 1.165) is 5.56 Å². The van der Waals surface area contributed by atoms with Gasteiger partial charge >= 0.3 is 5.97 Å². The molecule has 3 amide bonds. The van der Waals surface area contributed by atoms with Gasteiger partial charge in [0.05, 0.1) is 17.4 Å². The van der Waals surface area contributed by atoms with Crippen LogP contribution in [0.15, 0.2) is 72.8 Å². The van der Waals surface area contributed by atoms with E-state index in [-0.39, 0.29) is 29.9 Å². The maximum absolute atomic E-state index is 13.8. The van der Waals surface area contributed by atoms with Gasteiger partial charge in [-0.2, -0.15) is 0 Å². The third kappa shape index (κ3) is 6.26. The first-order valence-corrected chi connectivity index (χ1v) is 12.6. The van der Waals surface area contributed by atoms with E-state index in [0.29, 0.717) is 10.6 Å². The number of nitro groups is 1. The lowest BCUT2D eigenvalue weighted by Crippen LogP contribution is -2.54. The van der Waals surface area contributed by atoms with Crippen LogP contribution >= 0.6 is 11.6 Å². The average molecular weight is 565 g/mol. The summed E-state index contributed by atoms with van der Waals surface area (Å²) in [5, 5.41) is 23.8. The van der Waals surface area contributed by atoms with Gasteiger partial charge < -0.3 is 20.2 Å². The van der Waals surface area contributed by atoms with E-state index >= 15 is 0 Å². The summed E-state index contributed by atoms with van der Waals surface area (Å²) in [5.41, 5.74) is 1.39. The highest BCUT2D eigenvalue weighted by Crippen LogP contribution is 2.26. The van der Waals surface area contributed by atoms with E-state index in [4.69, 9.17) is 11.6 Å². The number of carbonyl (C=O) groups excluding carboxylic acids is 3. The van der Waals surface area contributed by atoms with Crippen molar-refractivity contribution in [1.29, 1.82) is 0 Å². The number of rotatable bonds is 8. The molecule has 0 spiro atoms. The Bertz CT molecular complexity index is 1390. The molecule has 2 N–H and O–H groups in total. The van der Waals surface area contributed by atoms with E-state index in [9.17, 15) is 34.4 Å². The second kappa shape index (κ2) is 12.0. The van der Waals surface area contributed by atoms with Gasteiger partial charge in [0, 0.05) is 41.4 Å². The number of halogens is 1. The Kier molecular flexibility index (Phi) is 8.44. The number of aryl methyl sites for hydroxylation is 1. The van der Waals surface area contributed by atoms with E-state index in [1.54, 1.807) is 24.3 Å². The molecule has 1 aliphatic rings. The van der Waals surface area contributed by atoms with Gasteiger partial charge in [-0.25, -0.2) is 0 Å². The number of hydrogen-bond acceptors (Lipinski definition) is 6. The molecule has 2 atom stereocenters. The highest BCUT2D eigenvalue weighted by atomic mass is 35.5. The normalized spacial score (nSPS) is 15.4. The van der Waals surface area contributed by atoms with Gasteiger partial charge in [-0.3, -0.25) is 29.3 Å². The molecule has 1 aliphatic heterocycles. The quantitative estimate of drug-likeness (QED) is 0.312. The molecule has 3 aromatic carbocycles. The van der Waals surface area contributed by atoms with Crippen molar-refractivity contribution < 1.29 is 29.2 Å². The molecule has 206 valence electrons. The Morgan fingerprint density at radius 3 is 2.05 bits per heavy atom. The lowest BCUT2D eigenvalue weighted by molar-refractivity contribution is -0.384. The molecular weight excluding hydrogens is 540 g/mol. The summed E-state index contributed by atoms with van der Waals surface area (Å²) in [7, 11) is 0. The molecule has 0 aliphatic carbocycles. The van der Waals surface area contributed by atoms with Crippen LogP contribution in [0.3, 0.4) is 0 Å². The molecule has 1 heterocycles. The molecule has 0 bridgehead atoms. The maximum Gasteiger partial charge on any atom is 0.305 e. The first-order chi connectivity index (χ1) is 19.0. The molecule has 0 aromatic heterocycles. The van der Waals surface area contributed by atoms with Crippen LogP contribution in [-0.2, 0) is 9.59 Å². The van der Waals surface area contributed by atoms with Crippen molar-refractivity contribution >= 4 is 41.0 Å². The number of nitrogens with one attached hydrogen (secondary N) is 1. The third-order valence-electron chi connectivity index (χ3n) is 6.50. The molecule has 1 fully saturated rings. The molecule has 12 heteroatoms. The number of nitro benzene ring substituents is 1. The summed E-state index contributed by atoms with van der Waals surface area (Å²) in [5.74, 6) is -3.08. The molecule has 0 saturated carbocycles. The van der Waals surface area contributed by atoms with Gasteiger partial charge in [0.15, 0.2) is 6.17 Å². The maximum atomic E-state index is 13.8. The third-order valence-corrected chi connectivity index (χ3v) is 6.75. The molecular formula is C28H25ClN4O7. The number of carboxylic acids is 1. The summed E-state index contributed by atoms with van der Waals surface area (Å²) < 4.78 is 0. The largest absolute Gasteiger partial charge is 0.481 e. The van der Waals surface area contributed by atoms with Gasteiger partial charge in [0.1, 0.15) is 0 Å². The van der Waals surface area contributed by atoms with Crippen LogP contribution in [0.25, 0.3) is 0 Å². The first-order valence-electron chi connectivity index (χ1n) is 12.3. The molecule has 11 nitrogen and oxygen atoms in total. The van der Waals surface area contributed by atoms with Crippen molar-refractivity contribution in [1.82, 2.24) is 15.1 Å². The van der Waals surface area contributed by atoms with Crippen LogP contribution in [0.1, 0.15) is 44.3 Å². The van der Waals surface area contributed by atoms with Crippen LogP contribution in [0.4, 0.5) is 5.69 Å². The van der Waals surface area contributed by atoms with E-state index in [2.05, 4.69) is 5.32 Å². The van der Waals surface area contributed by atoms with E-state index in [1.807, 2.05) is 6.92 Å². The zero-order chi connectivity index (χ0) is 29.0. The number of carbonyl (C=O) groups is 4. The zero-order valence-electron chi connectivity index (χ0n) is 21.3. The van der Waals surface area contributed by atoms with Crippen LogP contribution in [-0.4, -0.2) is 62.8 Å². The lowest BCUT2D eigenvalue weighted by Gasteiger charge is -2.31. The minimum absolute atomic E-state index is 0.0392. The Hall–Kier alpha value is -4.77. The smallest absolute Gasteiger partial charge is 0.305 e. The molecule has 2 unspecified atom stereocenters. The number of carboxylic acid groups (broad SMARTS) is 1. The average Bonchev–Trinajstić information content (AvgIpc) is 3.38. The fourth-order valence-corrected chi connectivity index (χ4v) is 4.61. The summed E-state index contributed by atoms with van der Waals surface area (Å²) in [6.07, 6.45) is -2.00. The number of amides is 3. The SMILES string of the molecule is Cc1ccc(C(=O)N2CCN(C(=O)c3ccc(Cl)cc3)C2C(=O)NC(CC(=O)O)c2cccc([N+](=O)[O-])c2)cc1. The van der Waals surface area contributed by atoms with Crippen molar-refractivity contribution in [2.75, 3.05) is 13.1 Å². The first kappa shape index (κ1) is 28.2. The van der Waals surface area contributed by atoms with Crippen molar-refractivity contribution in [2.24, 2.45) is 0 Å². The van der Waals surface area contributed by atoms with Gasteiger partial charge in [0.2, 0.25) is 0 Å². The minimum Gasteiger partial charge on any atom is -0.481 e. The second-order valence-electron chi connectivity index (χ2n) is 9.25. The van der Waals surface area contributed by atoms with Crippen molar-refractivity contribution in [2.45, 2.75) is 25.6 Å². The van der Waals surface area contributed by atoms with Gasteiger partial charge in [-0.05, 0) is 48.9 Å². The summed E-state index contributed by atoms with van der Waals surface area (Å²) in [6.45, 7) is 1.95. The predicted octanol–water partition coefficient (Wildman–Crippen LogP) is 3.81. The Morgan fingerprint density at radius 1 is 0.975 bits per heavy atom. The van der Waals surface area contributed by atoms with Crippen LogP contribution in [0, 0.1) is 17.0 Å². The Balaban J connectivity index is 1.69. The van der Waals surface area contributed by atoms with Gasteiger partial charge in [-0.15, -0.1) is 0 Å². The Labute approximate surface area is 234 Å². The topological polar surface area (TPSA) is 150 Å². The van der Waals surface area contributed by atoms with Crippen LogP contribution < -0.4 is 5.32 Å². The van der Waals surface area contributed by atoms with Gasteiger partial charge in [0.25, 0.3) is 23.4 Å². The summed E-state index contributed by atoms with van der Waals surface area (Å²) in [4.78, 5) is 65.5. The molecule has 1 saturated heterocycles.